The monoisotopic (exact) mass is 252 g/mol. The van der Waals surface area contributed by atoms with Gasteiger partial charge in [0, 0.05) is 30.8 Å². The van der Waals surface area contributed by atoms with Gasteiger partial charge in [0.1, 0.15) is 11.6 Å². The largest absolute Gasteiger partial charge is 0.497 e. The highest BCUT2D eigenvalue weighted by atomic mass is 19.1. The lowest BCUT2D eigenvalue weighted by Gasteiger charge is -2.30. The summed E-state index contributed by atoms with van der Waals surface area (Å²) in [6.45, 7) is 4.07. The summed E-state index contributed by atoms with van der Waals surface area (Å²) in [6.07, 6.45) is 3.72. The molecule has 18 heavy (non-hydrogen) atoms. The Labute approximate surface area is 108 Å². The highest BCUT2D eigenvalue weighted by molar-refractivity contribution is 5.30. The lowest BCUT2D eigenvalue weighted by atomic mass is 10.1. The van der Waals surface area contributed by atoms with Crippen LogP contribution in [0, 0.1) is 5.82 Å². The van der Waals surface area contributed by atoms with Crippen molar-refractivity contribution in [2.75, 3.05) is 20.2 Å². The molecule has 1 saturated heterocycles. The molecule has 1 aliphatic rings. The lowest BCUT2D eigenvalue weighted by molar-refractivity contribution is 0.132. The fourth-order valence-electron chi connectivity index (χ4n) is 2.35. The minimum Gasteiger partial charge on any atom is -0.497 e. The Kier molecular flexibility index (Phi) is 4.55. The third kappa shape index (κ3) is 3.21. The molecule has 0 saturated carbocycles. The van der Waals surface area contributed by atoms with Gasteiger partial charge in [-0.1, -0.05) is 12.5 Å². The van der Waals surface area contributed by atoms with Gasteiger partial charge >= 0.3 is 0 Å². The van der Waals surface area contributed by atoms with Gasteiger partial charge in [-0.05, 0) is 25.8 Å². The number of methoxy groups -OCH3 is 1. The summed E-state index contributed by atoms with van der Waals surface area (Å²) in [5.74, 6) is 0.341. The van der Waals surface area contributed by atoms with Crippen LogP contribution < -0.4 is 10.2 Å². The van der Waals surface area contributed by atoms with Gasteiger partial charge in [-0.2, -0.15) is 0 Å². The maximum absolute atomic E-state index is 13.9. The van der Waals surface area contributed by atoms with Crippen LogP contribution in [0.4, 0.5) is 4.39 Å². The zero-order valence-corrected chi connectivity index (χ0v) is 11.1. The molecule has 1 aliphatic heterocycles. The quantitative estimate of drug-likeness (QED) is 0.891. The Morgan fingerprint density at radius 1 is 1.28 bits per heavy atom. The fraction of sp³-hybridized carbons (Fsp3) is 0.571. The zero-order chi connectivity index (χ0) is 13.0. The van der Waals surface area contributed by atoms with Gasteiger partial charge in [-0.25, -0.2) is 14.8 Å². The van der Waals surface area contributed by atoms with Crippen molar-refractivity contribution in [2.24, 2.45) is 0 Å². The molecule has 1 aromatic carbocycles. The summed E-state index contributed by atoms with van der Waals surface area (Å²) in [5, 5.41) is 2.19. The number of piperidine rings is 1. The van der Waals surface area contributed by atoms with Crippen LogP contribution in [0.25, 0.3) is 0 Å². The molecule has 1 N–H and O–H groups in total. The second-order valence-corrected chi connectivity index (χ2v) is 4.79. The second-order valence-electron chi connectivity index (χ2n) is 4.79. The third-order valence-electron chi connectivity index (χ3n) is 3.41. The Bertz CT molecular complexity index is 391. The molecule has 1 aromatic rings. The number of nitrogens with one attached hydrogen (secondary N) is 1. The topological polar surface area (TPSA) is 24.5 Å². The molecule has 0 radical (unpaired) electrons. The molecular weight excluding hydrogens is 231 g/mol. The first-order chi connectivity index (χ1) is 8.70. The molecule has 3 nitrogen and oxygen atoms in total. The Morgan fingerprint density at radius 3 is 2.61 bits per heavy atom. The van der Waals surface area contributed by atoms with Crippen LogP contribution >= 0.6 is 0 Å². The highest BCUT2D eigenvalue weighted by Gasteiger charge is 2.16. The predicted octanol–water partition coefficient (Wildman–Crippen LogP) is 2.89. The van der Waals surface area contributed by atoms with Crippen LogP contribution in [0.1, 0.15) is 37.8 Å². The van der Waals surface area contributed by atoms with E-state index in [1.165, 1.54) is 25.3 Å². The van der Waals surface area contributed by atoms with E-state index in [-0.39, 0.29) is 11.9 Å². The number of hydrazine groups is 1. The van der Waals surface area contributed by atoms with Crippen molar-refractivity contribution in [3.8, 4) is 5.75 Å². The van der Waals surface area contributed by atoms with Crippen LogP contribution in [0.3, 0.4) is 0 Å². The SMILES string of the molecule is COc1ccc(C(C)NN2CCCCC2)c(F)c1. The first-order valence-corrected chi connectivity index (χ1v) is 6.55. The Balaban J connectivity index is 2.01. The van der Waals surface area contributed by atoms with E-state index in [4.69, 9.17) is 4.74 Å². The van der Waals surface area contributed by atoms with Gasteiger partial charge in [-0.3, -0.25) is 0 Å². The van der Waals surface area contributed by atoms with E-state index in [1.54, 1.807) is 19.2 Å². The van der Waals surface area contributed by atoms with E-state index in [9.17, 15) is 4.39 Å². The maximum Gasteiger partial charge on any atom is 0.131 e. The highest BCUT2D eigenvalue weighted by Crippen LogP contribution is 2.22. The van der Waals surface area contributed by atoms with Crippen LogP contribution in [0.15, 0.2) is 18.2 Å². The van der Waals surface area contributed by atoms with E-state index in [1.807, 2.05) is 6.92 Å². The number of nitrogens with zero attached hydrogens (tertiary/aromatic N) is 1. The summed E-state index contributed by atoms with van der Waals surface area (Å²) < 4.78 is 18.9. The smallest absolute Gasteiger partial charge is 0.131 e. The number of ether oxygens (including phenoxy) is 1. The summed E-state index contributed by atoms with van der Waals surface area (Å²) in [5.41, 5.74) is 4.05. The summed E-state index contributed by atoms with van der Waals surface area (Å²) in [4.78, 5) is 0. The number of rotatable bonds is 4. The molecule has 4 heteroatoms. The summed E-state index contributed by atoms with van der Waals surface area (Å²) >= 11 is 0. The zero-order valence-electron chi connectivity index (χ0n) is 11.1. The van der Waals surface area contributed by atoms with Crippen molar-refractivity contribution < 1.29 is 9.13 Å². The molecule has 1 atom stereocenters. The molecule has 0 aromatic heterocycles. The second kappa shape index (κ2) is 6.16. The van der Waals surface area contributed by atoms with Gasteiger partial charge in [0.2, 0.25) is 0 Å². The molecule has 1 heterocycles. The van der Waals surface area contributed by atoms with Crippen LogP contribution in [-0.2, 0) is 0 Å². The van der Waals surface area contributed by atoms with Gasteiger partial charge in [-0.15, -0.1) is 0 Å². The molecule has 0 aliphatic carbocycles. The van der Waals surface area contributed by atoms with Crippen molar-refractivity contribution >= 4 is 0 Å². The van der Waals surface area contributed by atoms with Crippen LogP contribution in [-0.4, -0.2) is 25.2 Å². The first-order valence-electron chi connectivity index (χ1n) is 6.55. The molecule has 0 bridgehead atoms. The Morgan fingerprint density at radius 2 is 2.00 bits per heavy atom. The molecule has 1 fully saturated rings. The van der Waals surface area contributed by atoms with E-state index in [2.05, 4.69) is 10.4 Å². The van der Waals surface area contributed by atoms with E-state index < -0.39 is 0 Å². The van der Waals surface area contributed by atoms with Crippen molar-refractivity contribution in [3.05, 3.63) is 29.6 Å². The number of benzene rings is 1. The molecule has 2 rings (SSSR count). The number of halogens is 1. The predicted molar refractivity (Wildman–Crippen MR) is 69.9 cm³/mol. The van der Waals surface area contributed by atoms with Crippen LogP contribution in [0.2, 0.25) is 0 Å². The van der Waals surface area contributed by atoms with Crippen molar-refractivity contribution in [1.29, 1.82) is 0 Å². The minimum absolute atomic E-state index is 0.0194. The van der Waals surface area contributed by atoms with Crippen molar-refractivity contribution in [2.45, 2.75) is 32.2 Å². The third-order valence-corrected chi connectivity index (χ3v) is 3.41. The first kappa shape index (κ1) is 13.3. The normalized spacial score (nSPS) is 18.6. The van der Waals surface area contributed by atoms with Crippen molar-refractivity contribution in [3.63, 3.8) is 0 Å². The molecule has 0 amide bonds. The van der Waals surface area contributed by atoms with E-state index in [0.717, 1.165) is 13.1 Å². The number of hydrogen-bond acceptors (Lipinski definition) is 3. The molecule has 0 spiro atoms. The average molecular weight is 252 g/mol. The minimum atomic E-state index is -0.216. The van der Waals surface area contributed by atoms with Gasteiger partial charge in [0.25, 0.3) is 0 Å². The number of hydrogen-bond donors (Lipinski definition) is 1. The maximum atomic E-state index is 13.9. The summed E-state index contributed by atoms with van der Waals surface area (Å²) in [6, 6.07) is 5.00. The van der Waals surface area contributed by atoms with Gasteiger partial charge < -0.3 is 4.74 Å². The Hall–Kier alpha value is -1.13. The van der Waals surface area contributed by atoms with E-state index >= 15 is 0 Å². The fourth-order valence-corrected chi connectivity index (χ4v) is 2.35. The molecular formula is C14H21FN2O. The molecule has 100 valence electrons. The summed E-state index contributed by atoms with van der Waals surface area (Å²) in [7, 11) is 1.55. The van der Waals surface area contributed by atoms with Gasteiger partial charge in [0.15, 0.2) is 0 Å². The van der Waals surface area contributed by atoms with Crippen molar-refractivity contribution in [1.82, 2.24) is 10.4 Å². The van der Waals surface area contributed by atoms with E-state index in [0.29, 0.717) is 11.3 Å². The lowest BCUT2D eigenvalue weighted by Crippen LogP contribution is -2.43. The van der Waals surface area contributed by atoms with Crippen LogP contribution in [0.5, 0.6) is 5.75 Å². The average Bonchev–Trinajstić information content (AvgIpc) is 2.39. The van der Waals surface area contributed by atoms with Gasteiger partial charge in [0.05, 0.1) is 7.11 Å². The standard InChI is InChI=1S/C14H21FN2O/c1-11(16-17-8-4-3-5-9-17)13-7-6-12(18-2)10-14(13)15/h6-7,10-11,16H,3-5,8-9H2,1-2H3. The molecule has 1 unspecified atom stereocenters.